The molecule has 4 N–H and O–H groups in total. The van der Waals surface area contributed by atoms with Crippen molar-refractivity contribution in [2.45, 2.75) is 63.3 Å². The average Bonchev–Trinajstić information content (AvgIpc) is 3.74. The molecule has 0 spiro atoms. The summed E-state index contributed by atoms with van der Waals surface area (Å²) in [5.74, 6) is 1.99. The standard InChI is InChI=1S/C40H50N10O3/c1-26-46(2)34-22-31(10-11-32(34)50(26)33-12-13-36(51)45-40(33)53)49-21-14-27(25-49)24-47-19-15-29(16-20-47)28-6-8-30(9-7-28)43-39-37(38(41)52)42-23-35(44-39)48-17-4-3-5-18-48/h6-11,22-23,27,29,33H,1,3-5,12-21,24-25H2,2H3,(H2,41,52)(H,43,44)(H,45,51,53)/t27-,33+/m0/s1. The first-order valence-electron chi connectivity index (χ1n) is 19.2. The van der Waals surface area contributed by atoms with Gasteiger partial charge in [-0.25, -0.2) is 9.97 Å². The van der Waals surface area contributed by atoms with Crippen LogP contribution in [0.15, 0.2) is 61.1 Å². The molecule has 53 heavy (non-hydrogen) atoms. The first-order valence-corrected chi connectivity index (χ1v) is 19.2. The van der Waals surface area contributed by atoms with E-state index in [0.29, 0.717) is 30.5 Å². The minimum Gasteiger partial charge on any atom is -0.371 e. The Morgan fingerprint density at radius 3 is 2.45 bits per heavy atom. The van der Waals surface area contributed by atoms with E-state index in [9.17, 15) is 14.4 Å². The van der Waals surface area contributed by atoms with E-state index in [-0.39, 0.29) is 17.5 Å². The molecule has 5 aliphatic rings. The minimum absolute atomic E-state index is 0.150. The molecule has 2 aromatic carbocycles. The van der Waals surface area contributed by atoms with Crippen molar-refractivity contribution in [2.24, 2.45) is 11.7 Å². The van der Waals surface area contributed by atoms with Gasteiger partial charge in [-0.15, -0.1) is 0 Å². The molecule has 4 saturated heterocycles. The van der Waals surface area contributed by atoms with Crippen LogP contribution in [0.4, 0.5) is 34.4 Å². The Morgan fingerprint density at radius 2 is 1.72 bits per heavy atom. The zero-order chi connectivity index (χ0) is 36.6. The molecular weight excluding hydrogens is 669 g/mol. The summed E-state index contributed by atoms with van der Waals surface area (Å²) in [5.41, 5.74) is 11.2. The molecule has 0 radical (unpaired) electrons. The van der Waals surface area contributed by atoms with Gasteiger partial charge in [-0.05, 0) is 106 Å². The van der Waals surface area contributed by atoms with Crippen molar-refractivity contribution in [1.29, 1.82) is 0 Å². The zero-order valence-corrected chi connectivity index (χ0v) is 30.6. The van der Waals surface area contributed by atoms with Crippen molar-refractivity contribution in [1.82, 2.24) is 20.2 Å². The molecule has 8 rings (SSSR count). The number of aromatic nitrogens is 2. The van der Waals surface area contributed by atoms with Crippen molar-refractivity contribution < 1.29 is 14.4 Å². The molecule has 6 heterocycles. The largest absolute Gasteiger partial charge is 0.371 e. The number of nitrogens with zero attached hydrogens (tertiary/aromatic N) is 7. The van der Waals surface area contributed by atoms with E-state index >= 15 is 0 Å². The van der Waals surface area contributed by atoms with Crippen molar-refractivity contribution in [2.75, 3.05) is 77.8 Å². The van der Waals surface area contributed by atoms with Gasteiger partial charge in [0.15, 0.2) is 11.5 Å². The number of imide groups is 1. The summed E-state index contributed by atoms with van der Waals surface area (Å²) in [6, 6.07) is 14.6. The first kappa shape index (κ1) is 34.9. The summed E-state index contributed by atoms with van der Waals surface area (Å²) >= 11 is 0. The summed E-state index contributed by atoms with van der Waals surface area (Å²) in [6.45, 7) is 11.5. The summed E-state index contributed by atoms with van der Waals surface area (Å²) in [7, 11) is 1.99. The highest BCUT2D eigenvalue weighted by Gasteiger charge is 2.40. The number of nitrogens with one attached hydrogen (secondary N) is 2. The van der Waals surface area contributed by atoms with Crippen LogP contribution in [0.25, 0.3) is 0 Å². The number of hydrogen-bond donors (Lipinski definition) is 3. The van der Waals surface area contributed by atoms with E-state index in [2.05, 4.69) is 79.4 Å². The van der Waals surface area contributed by atoms with Gasteiger partial charge in [0, 0.05) is 57.6 Å². The summed E-state index contributed by atoms with van der Waals surface area (Å²) < 4.78 is 0. The number of fused-ring (bicyclic) bond motifs is 1. The Bertz CT molecular complexity index is 1890. The van der Waals surface area contributed by atoms with Crippen molar-refractivity contribution in [3.05, 3.63) is 72.3 Å². The third-order valence-corrected chi connectivity index (χ3v) is 11.8. The van der Waals surface area contributed by atoms with Gasteiger partial charge in [0.25, 0.3) is 5.91 Å². The lowest BCUT2D eigenvalue weighted by Gasteiger charge is -2.34. The molecule has 4 fully saturated rings. The quantitative estimate of drug-likeness (QED) is 0.268. The van der Waals surface area contributed by atoms with Crippen LogP contribution in [0, 0.1) is 5.92 Å². The lowest BCUT2D eigenvalue weighted by atomic mass is 9.89. The third-order valence-electron chi connectivity index (χ3n) is 11.8. The second kappa shape index (κ2) is 14.7. The van der Waals surface area contributed by atoms with Gasteiger partial charge in [0.1, 0.15) is 17.7 Å². The average molecular weight is 719 g/mol. The number of carbonyl (C=O) groups excluding carboxylic acids is 3. The zero-order valence-electron chi connectivity index (χ0n) is 30.6. The first-order chi connectivity index (χ1) is 25.7. The fourth-order valence-electron chi connectivity index (χ4n) is 8.82. The highest BCUT2D eigenvalue weighted by atomic mass is 16.2. The molecule has 0 saturated carbocycles. The second-order valence-electron chi connectivity index (χ2n) is 15.2. The maximum absolute atomic E-state index is 12.7. The molecule has 3 aromatic rings. The van der Waals surface area contributed by atoms with E-state index in [1.807, 2.05) is 16.8 Å². The number of amides is 3. The van der Waals surface area contributed by atoms with Crippen LogP contribution >= 0.6 is 0 Å². The Morgan fingerprint density at radius 1 is 0.943 bits per heavy atom. The van der Waals surface area contributed by atoms with Gasteiger partial charge in [-0.1, -0.05) is 18.7 Å². The van der Waals surface area contributed by atoms with Gasteiger partial charge in [-0.3, -0.25) is 19.7 Å². The highest BCUT2D eigenvalue weighted by molar-refractivity contribution is 6.03. The maximum atomic E-state index is 12.7. The van der Waals surface area contributed by atoms with Crippen LogP contribution in [0.3, 0.4) is 0 Å². The van der Waals surface area contributed by atoms with Crippen molar-refractivity contribution >= 4 is 52.1 Å². The third kappa shape index (κ3) is 7.14. The summed E-state index contributed by atoms with van der Waals surface area (Å²) in [6.07, 6.45) is 9.38. The fraction of sp³-hybridized carbons (Fsp3) is 0.475. The Hall–Kier alpha value is -5.17. The smallest absolute Gasteiger partial charge is 0.271 e. The molecule has 1 aromatic heterocycles. The summed E-state index contributed by atoms with van der Waals surface area (Å²) in [5, 5.41) is 5.80. The molecule has 0 unspecified atom stereocenters. The van der Waals surface area contributed by atoms with Crippen LogP contribution in [-0.2, 0) is 9.59 Å². The predicted molar refractivity (Wildman–Crippen MR) is 208 cm³/mol. The Kier molecular flexibility index (Phi) is 9.67. The Labute approximate surface area is 311 Å². The molecule has 0 aliphatic carbocycles. The van der Waals surface area contributed by atoms with Crippen molar-refractivity contribution in [3.8, 4) is 0 Å². The molecule has 5 aliphatic heterocycles. The molecular formula is C40H50N10O3. The number of likely N-dealkylation sites (tertiary alicyclic amines) is 1. The predicted octanol–water partition coefficient (Wildman–Crippen LogP) is 4.55. The Balaban J connectivity index is 0.839. The number of piperidine rings is 3. The fourth-order valence-corrected chi connectivity index (χ4v) is 8.82. The van der Waals surface area contributed by atoms with Gasteiger partial charge in [0.05, 0.1) is 17.6 Å². The topological polar surface area (TPSA) is 143 Å². The number of hydrogen-bond acceptors (Lipinski definition) is 11. The molecule has 2 atom stereocenters. The normalized spacial score (nSPS) is 22.7. The number of nitrogens with two attached hydrogens (primary N) is 1. The molecule has 0 bridgehead atoms. The van der Waals surface area contributed by atoms with E-state index in [0.717, 1.165) is 100 Å². The van der Waals surface area contributed by atoms with Crippen LogP contribution in [0.2, 0.25) is 0 Å². The monoisotopic (exact) mass is 718 g/mol. The number of carbonyl (C=O) groups is 3. The van der Waals surface area contributed by atoms with Crippen LogP contribution in [0.5, 0.6) is 0 Å². The van der Waals surface area contributed by atoms with Crippen LogP contribution in [-0.4, -0.2) is 91.5 Å². The second-order valence-corrected chi connectivity index (χ2v) is 15.2. The van der Waals surface area contributed by atoms with E-state index < -0.39 is 11.9 Å². The highest BCUT2D eigenvalue weighted by Crippen LogP contribution is 2.45. The van der Waals surface area contributed by atoms with E-state index in [4.69, 9.17) is 10.7 Å². The molecule has 278 valence electrons. The van der Waals surface area contributed by atoms with E-state index in [1.165, 1.54) is 24.1 Å². The number of primary amides is 1. The van der Waals surface area contributed by atoms with Crippen LogP contribution in [0.1, 0.15) is 73.3 Å². The number of anilines is 6. The minimum atomic E-state index is -0.596. The molecule has 3 amide bonds. The van der Waals surface area contributed by atoms with Gasteiger partial charge < -0.3 is 35.6 Å². The molecule has 13 heteroatoms. The van der Waals surface area contributed by atoms with Gasteiger partial charge in [-0.2, -0.15) is 0 Å². The molecule has 13 nitrogen and oxygen atoms in total. The number of benzene rings is 2. The number of rotatable bonds is 9. The van der Waals surface area contributed by atoms with Gasteiger partial charge >= 0.3 is 0 Å². The van der Waals surface area contributed by atoms with Gasteiger partial charge in [0.2, 0.25) is 11.8 Å². The maximum Gasteiger partial charge on any atom is 0.271 e. The lowest BCUT2D eigenvalue weighted by Crippen LogP contribution is -2.52. The lowest BCUT2D eigenvalue weighted by molar-refractivity contribution is -0.134. The van der Waals surface area contributed by atoms with Crippen molar-refractivity contribution in [3.63, 3.8) is 0 Å². The SMILES string of the molecule is C=C1N(C)c2cc(N3CC[C@@H](CN4CCC(c5ccc(Nc6nc(N7CCCCC7)cnc6C(N)=O)cc5)CC4)C3)ccc2N1[C@@H]1CCC(=O)NC1=O. The summed E-state index contributed by atoms with van der Waals surface area (Å²) in [4.78, 5) is 57.1. The van der Waals surface area contributed by atoms with Crippen LogP contribution < -0.4 is 36.0 Å². The van der Waals surface area contributed by atoms with E-state index in [1.54, 1.807) is 6.20 Å².